The van der Waals surface area contributed by atoms with Crippen LogP contribution < -0.4 is 10.8 Å². The number of aliphatic hydroxyl groups is 1. The number of hydrogen-bond donors (Lipinski definition) is 3. The zero-order chi connectivity index (χ0) is 23.9. The minimum Gasteiger partial charge on any atom is -0.394 e. The van der Waals surface area contributed by atoms with E-state index in [0.29, 0.717) is 9.13 Å². The lowest BCUT2D eigenvalue weighted by molar-refractivity contribution is 0.0168. The number of carbonyl (C=O) groups excluding carboxylic acids is 1. The molecule has 0 aliphatic carbocycles. The van der Waals surface area contributed by atoms with Gasteiger partial charge in [0.2, 0.25) is 0 Å². The van der Waals surface area contributed by atoms with Crippen molar-refractivity contribution >= 4 is 49.7 Å². The predicted molar refractivity (Wildman–Crippen MR) is 123 cm³/mol. The molecule has 176 valence electrons. The summed E-state index contributed by atoms with van der Waals surface area (Å²) in [7, 11) is -3.23. The Kier molecular flexibility index (Phi) is 9.76. The Morgan fingerprint density at radius 1 is 1.22 bits per heavy atom. The van der Waals surface area contributed by atoms with Gasteiger partial charge in [0.15, 0.2) is 5.82 Å². The van der Waals surface area contributed by atoms with Crippen LogP contribution in [0.1, 0.15) is 21.5 Å². The van der Waals surface area contributed by atoms with E-state index in [-0.39, 0.29) is 54.7 Å². The third-order valence-electron chi connectivity index (χ3n) is 4.27. The van der Waals surface area contributed by atoms with Crippen molar-refractivity contribution in [2.45, 2.75) is 13.5 Å². The van der Waals surface area contributed by atoms with Crippen LogP contribution in [0.25, 0.3) is 0 Å². The minimum absolute atomic E-state index is 0.0359. The van der Waals surface area contributed by atoms with Crippen LogP contribution in [0.2, 0.25) is 0 Å². The van der Waals surface area contributed by atoms with Crippen LogP contribution in [0.4, 0.5) is 20.2 Å². The third kappa shape index (κ3) is 7.62. The maximum atomic E-state index is 15.3. The molecule has 8 nitrogen and oxygen atoms in total. The van der Waals surface area contributed by atoms with Gasteiger partial charge in [0.1, 0.15) is 15.7 Å². The number of aliphatic hydroxyl groups excluding tert-OH is 1. The van der Waals surface area contributed by atoms with Gasteiger partial charge in [0.05, 0.1) is 49.1 Å². The summed E-state index contributed by atoms with van der Waals surface area (Å²) in [6.45, 7) is 0.685. The van der Waals surface area contributed by atoms with Crippen LogP contribution in [0, 0.1) is 22.1 Å². The van der Waals surface area contributed by atoms with Gasteiger partial charge in [-0.05, 0) is 64.9 Å². The summed E-state index contributed by atoms with van der Waals surface area (Å²) in [5.74, 6) is -2.48. The normalized spacial score (nSPS) is 11.4. The summed E-state index contributed by atoms with van der Waals surface area (Å²) >= 11 is 1.93. The number of amides is 1. The largest absolute Gasteiger partial charge is 0.394 e. The summed E-state index contributed by atoms with van der Waals surface area (Å²) in [6.07, 6.45) is 1.07. The van der Waals surface area contributed by atoms with E-state index in [2.05, 4.69) is 10.8 Å². The molecule has 0 unspecified atom stereocenters. The summed E-state index contributed by atoms with van der Waals surface area (Å²) in [5.41, 5.74) is 2.04. The molecule has 32 heavy (non-hydrogen) atoms. The SMILES string of the molecule is Cc1c(COCCS(C)(=O)=O)cc(C(=O)NOCCO)c(Nc2ccc(I)cc2F)c1F. The van der Waals surface area contributed by atoms with Crippen molar-refractivity contribution in [2.75, 3.05) is 37.1 Å². The van der Waals surface area contributed by atoms with Crippen LogP contribution >= 0.6 is 22.6 Å². The maximum Gasteiger partial charge on any atom is 0.277 e. The van der Waals surface area contributed by atoms with Gasteiger partial charge >= 0.3 is 0 Å². The molecular weight excluding hydrogens is 561 g/mol. The Labute approximate surface area is 198 Å². The molecule has 2 aromatic carbocycles. The summed E-state index contributed by atoms with van der Waals surface area (Å²) in [4.78, 5) is 17.4. The first-order chi connectivity index (χ1) is 15.0. The predicted octanol–water partition coefficient (Wildman–Crippen LogP) is 2.84. The van der Waals surface area contributed by atoms with Crippen molar-refractivity contribution < 1.29 is 36.7 Å². The number of hydrogen-bond acceptors (Lipinski definition) is 7. The van der Waals surface area contributed by atoms with E-state index in [1.807, 2.05) is 22.6 Å². The van der Waals surface area contributed by atoms with Crippen molar-refractivity contribution in [3.63, 3.8) is 0 Å². The lowest BCUT2D eigenvalue weighted by Crippen LogP contribution is -2.26. The van der Waals surface area contributed by atoms with Gasteiger partial charge in [0, 0.05) is 9.83 Å². The molecule has 0 radical (unpaired) electrons. The zero-order valence-electron chi connectivity index (χ0n) is 17.4. The van der Waals surface area contributed by atoms with E-state index in [1.165, 1.54) is 25.1 Å². The molecule has 0 aliphatic rings. The lowest BCUT2D eigenvalue weighted by Gasteiger charge is -2.18. The molecule has 0 spiro atoms. The molecule has 1 amide bonds. The number of ether oxygens (including phenoxy) is 1. The molecule has 12 heteroatoms. The quantitative estimate of drug-likeness (QED) is 0.212. The van der Waals surface area contributed by atoms with Crippen LogP contribution in [-0.4, -0.2) is 51.3 Å². The fourth-order valence-electron chi connectivity index (χ4n) is 2.59. The van der Waals surface area contributed by atoms with E-state index in [9.17, 15) is 17.6 Å². The van der Waals surface area contributed by atoms with E-state index >= 15 is 4.39 Å². The monoisotopic (exact) mass is 584 g/mol. The number of hydroxylamine groups is 1. The van der Waals surface area contributed by atoms with Crippen LogP contribution in [0.15, 0.2) is 24.3 Å². The number of rotatable bonds is 11. The fourth-order valence-corrected chi connectivity index (χ4v) is 3.46. The molecule has 0 heterocycles. The Morgan fingerprint density at radius 3 is 2.56 bits per heavy atom. The minimum atomic E-state index is -3.23. The van der Waals surface area contributed by atoms with Crippen LogP contribution in [0.3, 0.4) is 0 Å². The highest BCUT2D eigenvalue weighted by atomic mass is 127. The highest BCUT2D eigenvalue weighted by Gasteiger charge is 2.22. The molecule has 0 saturated carbocycles. The van der Waals surface area contributed by atoms with Crippen LogP contribution in [0.5, 0.6) is 0 Å². The molecule has 0 atom stereocenters. The molecule has 0 aromatic heterocycles. The van der Waals surface area contributed by atoms with Gasteiger partial charge in [-0.25, -0.2) is 22.7 Å². The first-order valence-corrected chi connectivity index (χ1v) is 12.5. The van der Waals surface area contributed by atoms with Gasteiger partial charge in [0.25, 0.3) is 5.91 Å². The highest BCUT2D eigenvalue weighted by Crippen LogP contribution is 2.31. The molecule has 0 bridgehead atoms. The maximum absolute atomic E-state index is 15.3. The number of nitrogens with one attached hydrogen (secondary N) is 2. The van der Waals surface area contributed by atoms with Gasteiger partial charge in [-0.15, -0.1) is 0 Å². The first kappa shape index (κ1) is 26.4. The Morgan fingerprint density at radius 2 is 1.94 bits per heavy atom. The summed E-state index contributed by atoms with van der Waals surface area (Å²) in [5, 5.41) is 11.4. The van der Waals surface area contributed by atoms with Gasteiger partial charge in [-0.1, -0.05) is 0 Å². The Hall–Kier alpha value is -1.87. The van der Waals surface area contributed by atoms with Gasteiger partial charge in [-0.2, -0.15) is 0 Å². The van der Waals surface area contributed by atoms with Crippen molar-refractivity contribution in [2.24, 2.45) is 0 Å². The number of anilines is 2. The van der Waals surface area contributed by atoms with Gasteiger partial charge in [-0.3, -0.25) is 9.63 Å². The molecule has 3 N–H and O–H groups in total. The Bertz CT molecular complexity index is 1080. The molecule has 0 fully saturated rings. The van der Waals surface area contributed by atoms with Crippen LogP contribution in [-0.2, 0) is 26.0 Å². The molecule has 0 saturated heterocycles. The second-order valence-electron chi connectivity index (χ2n) is 6.83. The van der Waals surface area contributed by atoms with Crippen molar-refractivity contribution in [1.29, 1.82) is 0 Å². The third-order valence-corrected chi connectivity index (χ3v) is 5.85. The molecule has 2 aromatic rings. The molecule has 0 aliphatic heterocycles. The first-order valence-electron chi connectivity index (χ1n) is 9.36. The lowest BCUT2D eigenvalue weighted by atomic mass is 10.0. The topological polar surface area (TPSA) is 114 Å². The summed E-state index contributed by atoms with van der Waals surface area (Å²) in [6, 6.07) is 5.63. The molecule has 2 rings (SSSR count). The number of benzene rings is 2. The van der Waals surface area contributed by atoms with Crippen molar-refractivity contribution in [3.8, 4) is 0 Å². The van der Waals surface area contributed by atoms with E-state index in [0.717, 1.165) is 6.26 Å². The van der Waals surface area contributed by atoms with Crippen molar-refractivity contribution in [3.05, 3.63) is 56.2 Å². The zero-order valence-corrected chi connectivity index (χ0v) is 20.3. The van der Waals surface area contributed by atoms with E-state index in [4.69, 9.17) is 14.7 Å². The fraction of sp³-hybridized carbons (Fsp3) is 0.350. The average Bonchev–Trinajstić information content (AvgIpc) is 2.71. The highest BCUT2D eigenvalue weighted by molar-refractivity contribution is 14.1. The number of halogens is 3. The number of carbonyl (C=O) groups is 1. The molecular formula is C20H23F2IN2O6S. The van der Waals surface area contributed by atoms with Gasteiger partial charge < -0.3 is 15.2 Å². The smallest absolute Gasteiger partial charge is 0.277 e. The van der Waals surface area contributed by atoms with Crippen molar-refractivity contribution in [1.82, 2.24) is 5.48 Å². The summed E-state index contributed by atoms with van der Waals surface area (Å²) < 4.78 is 58.0. The standard InChI is InChI=1S/C20H23F2IN2O6S/c1-12-13(11-30-7-8-32(2,28)29)9-15(20(27)25-31-6-5-26)19(18(12)22)24-17-4-3-14(23)10-16(17)21/h3-4,9-10,24,26H,5-8,11H2,1-2H3,(H,25,27). The number of sulfone groups is 1. The second-order valence-corrected chi connectivity index (χ2v) is 10.3. The Balaban J connectivity index is 2.39. The van der Waals surface area contributed by atoms with E-state index in [1.54, 1.807) is 6.07 Å². The van der Waals surface area contributed by atoms with E-state index < -0.39 is 27.4 Å². The average molecular weight is 584 g/mol. The second kappa shape index (κ2) is 11.8.